The number of nitrogens with zero attached hydrogens (tertiary/aromatic N) is 2. The average Bonchev–Trinajstić information content (AvgIpc) is 3.15. The molecule has 0 radical (unpaired) electrons. The van der Waals surface area contributed by atoms with Gasteiger partial charge in [-0.2, -0.15) is 0 Å². The minimum atomic E-state index is -0.418. The van der Waals surface area contributed by atoms with Gasteiger partial charge in [0, 0.05) is 12.2 Å². The number of hydrogen-bond acceptors (Lipinski definition) is 6. The lowest BCUT2D eigenvalue weighted by Gasteiger charge is -2.05. The molecule has 150 valence electrons. The van der Waals surface area contributed by atoms with Crippen molar-refractivity contribution in [1.29, 1.82) is 0 Å². The van der Waals surface area contributed by atoms with E-state index in [4.69, 9.17) is 0 Å². The van der Waals surface area contributed by atoms with Crippen molar-refractivity contribution < 1.29 is 14.0 Å². The summed E-state index contributed by atoms with van der Waals surface area (Å²) < 4.78 is 13.4. The van der Waals surface area contributed by atoms with E-state index >= 15 is 0 Å². The van der Waals surface area contributed by atoms with Gasteiger partial charge in [-0.1, -0.05) is 52.9 Å². The Hall–Kier alpha value is -2.98. The SMILES string of the molecule is Cc1ccc(NC(=O)Nc2nnc(SCC(=O)NCc3ccc(F)cc3)s2)cc1. The molecule has 29 heavy (non-hydrogen) atoms. The molecule has 1 heterocycles. The van der Waals surface area contributed by atoms with Crippen molar-refractivity contribution in [3.63, 3.8) is 0 Å². The largest absolute Gasteiger partial charge is 0.351 e. The lowest BCUT2D eigenvalue weighted by molar-refractivity contribution is -0.118. The molecule has 3 N–H and O–H groups in total. The van der Waals surface area contributed by atoms with E-state index in [2.05, 4.69) is 26.1 Å². The van der Waals surface area contributed by atoms with Gasteiger partial charge in [0.05, 0.1) is 5.75 Å². The standard InChI is InChI=1S/C19H18FN5O2S2/c1-12-2-8-15(9-3-12)22-17(27)23-18-24-25-19(29-18)28-11-16(26)21-10-13-4-6-14(20)7-5-13/h2-9H,10-11H2,1H3,(H,21,26)(H2,22,23,24,27). The summed E-state index contributed by atoms with van der Waals surface area (Å²) in [4.78, 5) is 23.9. The highest BCUT2D eigenvalue weighted by molar-refractivity contribution is 8.01. The molecule has 0 unspecified atom stereocenters. The first-order chi connectivity index (χ1) is 14.0. The Bertz CT molecular complexity index is 977. The number of benzene rings is 2. The molecular formula is C19H18FN5O2S2. The highest BCUT2D eigenvalue weighted by Crippen LogP contribution is 2.25. The number of carbonyl (C=O) groups excluding carboxylic acids is 2. The molecule has 3 rings (SSSR count). The molecule has 0 saturated carbocycles. The summed E-state index contributed by atoms with van der Waals surface area (Å²) >= 11 is 2.40. The van der Waals surface area contributed by atoms with Crippen LogP contribution in [0.5, 0.6) is 0 Å². The van der Waals surface area contributed by atoms with Crippen molar-refractivity contribution >= 4 is 45.9 Å². The Kier molecular flexibility index (Phi) is 7.14. The van der Waals surface area contributed by atoms with Gasteiger partial charge in [-0.25, -0.2) is 9.18 Å². The van der Waals surface area contributed by atoms with Gasteiger partial charge in [0.1, 0.15) is 5.82 Å². The Labute approximate surface area is 175 Å². The third-order valence-electron chi connectivity index (χ3n) is 3.67. The molecule has 0 aliphatic rings. The number of anilines is 2. The summed E-state index contributed by atoms with van der Waals surface area (Å²) in [5.41, 5.74) is 2.58. The molecule has 7 nitrogen and oxygen atoms in total. The van der Waals surface area contributed by atoms with Crippen molar-refractivity contribution in [2.24, 2.45) is 0 Å². The van der Waals surface area contributed by atoms with E-state index in [0.717, 1.165) is 11.1 Å². The van der Waals surface area contributed by atoms with Crippen LogP contribution in [-0.4, -0.2) is 27.9 Å². The number of halogens is 1. The Balaban J connectivity index is 1.41. The highest BCUT2D eigenvalue weighted by atomic mass is 32.2. The second-order valence-corrected chi connectivity index (χ2v) is 8.21. The zero-order chi connectivity index (χ0) is 20.6. The summed E-state index contributed by atoms with van der Waals surface area (Å²) in [7, 11) is 0. The predicted molar refractivity (Wildman–Crippen MR) is 113 cm³/mol. The fourth-order valence-electron chi connectivity index (χ4n) is 2.20. The molecule has 10 heteroatoms. The van der Waals surface area contributed by atoms with E-state index in [-0.39, 0.29) is 17.5 Å². The molecule has 0 saturated heterocycles. The summed E-state index contributed by atoms with van der Waals surface area (Å²) in [6.45, 7) is 2.29. The number of carbonyl (C=O) groups is 2. The van der Waals surface area contributed by atoms with Gasteiger partial charge in [-0.05, 0) is 36.8 Å². The van der Waals surface area contributed by atoms with E-state index in [9.17, 15) is 14.0 Å². The first kappa shape index (κ1) is 20.7. The van der Waals surface area contributed by atoms with E-state index in [0.29, 0.717) is 21.7 Å². The minimum Gasteiger partial charge on any atom is -0.351 e. The molecule has 2 aromatic carbocycles. The lowest BCUT2D eigenvalue weighted by atomic mass is 10.2. The number of urea groups is 1. The number of aryl methyl sites for hydroxylation is 1. The van der Waals surface area contributed by atoms with Crippen LogP contribution in [0.25, 0.3) is 0 Å². The maximum absolute atomic E-state index is 12.9. The predicted octanol–water partition coefficient (Wildman–Crippen LogP) is 4.04. The average molecular weight is 432 g/mol. The molecule has 3 aromatic rings. The number of thioether (sulfide) groups is 1. The monoisotopic (exact) mass is 431 g/mol. The van der Waals surface area contributed by atoms with Crippen molar-refractivity contribution in [2.75, 3.05) is 16.4 Å². The quantitative estimate of drug-likeness (QED) is 0.388. The van der Waals surface area contributed by atoms with E-state index in [1.54, 1.807) is 24.3 Å². The molecule has 0 aliphatic heterocycles. The van der Waals surface area contributed by atoms with Crippen LogP contribution in [0.4, 0.5) is 20.0 Å². The lowest BCUT2D eigenvalue weighted by Crippen LogP contribution is -2.24. The summed E-state index contributed by atoms with van der Waals surface area (Å²) in [6, 6.07) is 12.9. The third-order valence-corrected chi connectivity index (χ3v) is 5.64. The maximum Gasteiger partial charge on any atom is 0.325 e. The van der Waals surface area contributed by atoms with Gasteiger partial charge >= 0.3 is 6.03 Å². The molecular weight excluding hydrogens is 413 g/mol. The zero-order valence-corrected chi connectivity index (χ0v) is 17.1. The van der Waals surface area contributed by atoms with Crippen molar-refractivity contribution in [1.82, 2.24) is 15.5 Å². The number of amides is 3. The first-order valence-corrected chi connectivity index (χ1v) is 10.4. The summed E-state index contributed by atoms with van der Waals surface area (Å²) in [5, 5.41) is 16.3. The Morgan fingerprint density at radius 3 is 2.48 bits per heavy atom. The second-order valence-electron chi connectivity index (χ2n) is 6.01. The van der Waals surface area contributed by atoms with Crippen LogP contribution in [-0.2, 0) is 11.3 Å². The molecule has 3 amide bonds. The third kappa shape index (κ3) is 6.84. The van der Waals surface area contributed by atoms with Gasteiger partial charge in [-0.15, -0.1) is 10.2 Å². The number of nitrogens with one attached hydrogen (secondary N) is 3. The summed E-state index contributed by atoms with van der Waals surface area (Å²) in [6.07, 6.45) is 0. The van der Waals surface area contributed by atoms with Crippen LogP contribution in [0.3, 0.4) is 0 Å². The van der Waals surface area contributed by atoms with Crippen molar-refractivity contribution in [2.45, 2.75) is 17.8 Å². The topological polar surface area (TPSA) is 96.0 Å². The Morgan fingerprint density at radius 1 is 1.03 bits per heavy atom. The first-order valence-electron chi connectivity index (χ1n) is 8.60. The number of rotatable bonds is 7. The van der Waals surface area contributed by atoms with Crippen LogP contribution in [0.15, 0.2) is 52.9 Å². The van der Waals surface area contributed by atoms with Crippen molar-refractivity contribution in [3.8, 4) is 0 Å². The molecule has 0 spiro atoms. The minimum absolute atomic E-state index is 0.158. The number of aromatic nitrogens is 2. The van der Waals surface area contributed by atoms with Gasteiger partial charge in [0.15, 0.2) is 4.34 Å². The molecule has 0 aliphatic carbocycles. The second kappa shape index (κ2) is 9.99. The van der Waals surface area contributed by atoms with Gasteiger partial charge in [-0.3, -0.25) is 10.1 Å². The van der Waals surface area contributed by atoms with Gasteiger partial charge in [0.25, 0.3) is 0 Å². The van der Waals surface area contributed by atoms with Crippen LogP contribution < -0.4 is 16.0 Å². The summed E-state index contributed by atoms with van der Waals surface area (Å²) in [5.74, 6) is -0.337. The Morgan fingerprint density at radius 2 is 1.76 bits per heavy atom. The van der Waals surface area contributed by atoms with E-state index in [1.807, 2.05) is 19.1 Å². The smallest absolute Gasteiger partial charge is 0.325 e. The maximum atomic E-state index is 12.9. The van der Waals surface area contributed by atoms with Gasteiger partial charge in [0.2, 0.25) is 11.0 Å². The van der Waals surface area contributed by atoms with Crippen LogP contribution in [0.2, 0.25) is 0 Å². The fourth-order valence-corrected chi connectivity index (χ4v) is 3.77. The molecule has 0 atom stereocenters. The fraction of sp³-hybridized carbons (Fsp3) is 0.158. The zero-order valence-electron chi connectivity index (χ0n) is 15.4. The van der Waals surface area contributed by atoms with Crippen LogP contribution >= 0.6 is 23.1 Å². The van der Waals surface area contributed by atoms with Crippen LogP contribution in [0.1, 0.15) is 11.1 Å². The normalized spacial score (nSPS) is 10.4. The molecule has 1 aromatic heterocycles. The highest BCUT2D eigenvalue weighted by Gasteiger charge is 2.11. The molecule has 0 bridgehead atoms. The molecule has 0 fully saturated rings. The van der Waals surface area contributed by atoms with E-state index < -0.39 is 6.03 Å². The van der Waals surface area contributed by atoms with Crippen LogP contribution in [0, 0.1) is 12.7 Å². The number of hydrogen-bond donors (Lipinski definition) is 3. The van der Waals surface area contributed by atoms with E-state index in [1.165, 1.54) is 35.2 Å². The van der Waals surface area contributed by atoms with Crippen molar-refractivity contribution in [3.05, 3.63) is 65.5 Å². The van der Waals surface area contributed by atoms with Gasteiger partial charge < -0.3 is 10.6 Å².